The standard InChI is InChI=1S/C20H21F2N3OS/c1-2-7-25(20(26)18-4-3-10-27-18)15-5-8-24(9-6-15)19-16(21)11-14(13-23)12-17(19)22/h3-4,10-12,15H,2,5-9H2,1H3. The van der Waals surface area contributed by atoms with Crippen LogP contribution in [0.2, 0.25) is 0 Å². The molecule has 7 heteroatoms. The fourth-order valence-electron chi connectivity index (χ4n) is 3.57. The van der Waals surface area contributed by atoms with Gasteiger partial charge in [0.05, 0.1) is 16.5 Å². The molecule has 0 N–H and O–H groups in total. The van der Waals surface area contributed by atoms with Gasteiger partial charge < -0.3 is 9.80 Å². The van der Waals surface area contributed by atoms with Crippen molar-refractivity contribution < 1.29 is 13.6 Å². The van der Waals surface area contributed by atoms with Crippen LogP contribution in [0.5, 0.6) is 0 Å². The van der Waals surface area contributed by atoms with E-state index in [2.05, 4.69) is 0 Å². The molecule has 0 bridgehead atoms. The van der Waals surface area contributed by atoms with Crippen molar-refractivity contribution in [2.45, 2.75) is 32.2 Å². The Labute approximate surface area is 161 Å². The summed E-state index contributed by atoms with van der Waals surface area (Å²) in [6.07, 6.45) is 2.15. The van der Waals surface area contributed by atoms with Gasteiger partial charge in [-0.05, 0) is 42.8 Å². The molecule has 3 rings (SSSR count). The first kappa shape index (κ1) is 19.3. The van der Waals surface area contributed by atoms with Crippen molar-refractivity contribution >= 4 is 22.9 Å². The molecule has 1 saturated heterocycles. The summed E-state index contributed by atoms with van der Waals surface area (Å²) in [5.41, 5.74) is -0.113. The van der Waals surface area contributed by atoms with Crippen LogP contribution in [0, 0.1) is 23.0 Å². The summed E-state index contributed by atoms with van der Waals surface area (Å²) in [6, 6.07) is 7.63. The Morgan fingerprint density at radius 2 is 2.00 bits per heavy atom. The maximum absolute atomic E-state index is 14.3. The number of halogens is 2. The molecular weight excluding hydrogens is 368 g/mol. The first-order valence-corrected chi connectivity index (χ1v) is 9.91. The van der Waals surface area contributed by atoms with Crippen LogP contribution in [0.3, 0.4) is 0 Å². The second kappa shape index (κ2) is 8.49. The number of benzene rings is 1. The highest BCUT2D eigenvalue weighted by molar-refractivity contribution is 7.12. The summed E-state index contributed by atoms with van der Waals surface area (Å²) < 4.78 is 28.6. The number of amides is 1. The number of piperidine rings is 1. The number of carbonyl (C=O) groups excluding carboxylic acids is 1. The van der Waals surface area contributed by atoms with Gasteiger partial charge in [0, 0.05) is 25.7 Å². The average Bonchev–Trinajstić information content (AvgIpc) is 3.20. The quantitative estimate of drug-likeness (QED) is 0.761. The number of hydrogen-bond acceptors (Lipinski definition) is 4. The predicted molar refractivity (Wildman–Crippen MR) is 102 cm³/mol. The lowest BCUT2D eigenvalue weighted by atomic mass is 10.0. The highest BCUT2D eigenvalue weighted by Gasteiger charge is 2.30. The van der Waals surface area contributed by atoms with Crippen molar-refractivity contribution in [2.24, 2.45) is 0 Å². The largest absolute Gasteiger partial charge is 0.367 e. The van der Waals surface area contributed by atoms with Gasteiger partial charge in [-0.25, -0.2) is 8.78 Å². The van der Waals surface area contributed by atoms with Gasteiger partial charge in [0.1, 0.15) is 5.69 Å². The first-order chi connectivity index (χ1) is 13.0. The lowest BCUT2D eigenvalue weighted by Crippen LogP contribution is -2.48. The minimum atomic E-state index is -0.718. The topological polar surface area (TPSA) is 47.3 Å². The van der Waals surface area contributed by atoms with E-state index in [1.54, 1.807) is 11.0 Å². The van der Waals surface area contributed by atoms with Gasteiger partial charge >= 0.3 is 0 Å². The van der Waals surface area contributed by atoms with E-state index < -0.39 is 11.6 Å². The van der Waals surface area contributed by atoms with E-state index in [0.29, 0.717) is 32.5 Å². The van der Waals surface area contributed by atoms with E-state index >= 15 is 0 Å². The monoisotopic (exact) mass is 389 g/mol. The van der Waals surface area contributed by atoms with E-state index in [0.717, 1.165) is 23.4 Å². The molecule has 1 aliphatic rings. The zero-order valence-corrected chi connectivity index (χ0v) is 15.9. The molecule has 0 atom stereocenters. The minimum Gasteiger partial charge on any atom is -0.367 e. The number of anilines is 1. The molecule has 1 fully saturated rings. The molecule has 1 aromatic carbocycles. The Morgan fingerprint density at radius 3 is 2.52 bits per heavy atom. The molecule has 27 heavy (non-hydrogen) atoms. The molecule has 4 nitrogen and oxygen atoms in total. The van der Waals surface area contributed by atoms with Gasteiger partial charge in [0.15, 0.2) is 11.6 Å². The highest BCUT2D eigenvalue weighted by Crippen LogP contribution is 2.29. The molecule has 0 radical (unpaired) electrons. The van der Waals surface area contributed by atoms with Crippen molar-refractivity contribution in [1.29, 1.82) is 5.26 Å². The summed E-state index contributed by atoms with van der Waals surface area (Å²) in [7, 11) is 0. The van der Waals surface area contributed by atoms with Gasteiger partial charge in [-0.2, -0.15) is 5.26 Å². The summed E-state index contributed by atoms with van der Waals surface area (Å²) in [6.45, 7) is 3.62. The van der Waals surface area contributed by atoms with E-state index in [9.17, 15) is 13.6 Å². The molecule has 142 valence electrons. The van der Waals surface area contributed by atoms with E-state index in [-0.39, 0.29) is 23.2 Å². The molecule has 1 aromatic heterocycles. The SMILES string of the molecule is CCCN(C(=O)c1cccs1)C1CCN(c2c(F)cc(C#N)cc2F)CC1. The molecule has 1 aliphatic heterocycles. The van der Waals surface area contributed by atoms with Crippen molar-refractivity contribution in [2.75, 3.05) is 24.5 Å². The fraction of sp³-hybridized carbons (Fsp3) is 0.400. The van der Waals surface area contributed by atoms with E-state index in [1.807, 2.05) is 29.3 Å². The zero-order chi connectivity index (χ0) is 19.4. The number of nitriles is 1. The van der Waals surface area contributed by atoms with Crippen molar-refractivity contribution in [1.82, 2.24) is 4.90 Å². The van der Waals surface area contributed by atoms with Gasteiger partial charge in [0.2, 0.25) is 0 Å². The van der Waals surface area contributed by atoms with E-state index in [1.165, 1.54) is 11.3 Å². The summed E-state index contributed by atoms with van der Waals surface area (Å²) >= 11 is 1.43. The van der Waals surface area contributed by atoms with Crippen molar-refractivity contribution in [3.8, 4) is 6.07 Å². The van der Waals surface area contributed by atoms with Crippen LogP contribution in [-0.2, 0) is 0 Å². The lowest BCUT2D eigenvalue weighted by Gasteiger charge is -2.39. The Morgan fingerprint density at radius 1 is 1.33 bits per heavy atom. The van der Waals surface area contributed by atoms with Gasteiger partial charge in [0.25, 0.3) is 5.91 Å². The second-order valence-electron chi connectivity index (χ2n) is 6.59. The maximum Gasteiger partial charge on any atom is 0.264 e. The second-order valence-corrected chi connectivity index (χ2v) is 7.54. The average molecular weight is 389 g/mol. The van der Waals surface area contributed by atoms with Crippen LogP contribution in [0.4, 0.5) is 14.5 Å². The summed E-state index contributed by atoms with van der Waals surface area (Å²) in [5.74, 6) is -1.41. The van der Waals surface area contributed by atoms with Crippen LogP contribution in [0.25, 0.3) is 0 Å². The molecule has 1 amide bonds. The molecular formula is C20H21F2N3OS. The fourth-order valence-corrected chi connectivity index (χ4v) is 4.24. The van der Waals surface area contributed by atoms with Crippen LogP contribution >= 0.6 is 11.3 Å². The molecule has 2 aromatic rings. The van der Waals surface area contributed by atoms with Gasteiger partial charge in [-0.3, -0.25) is 4.79 Å². The first-order valence-electron chi connectivity index (χ1n) is 9.03. The van der Waals surface area contributed by atoms with Crippen LogP contribution < -0.4 is 4.90 Å². The number of thiophene rings is 1. The zero-order valence-electron chi connectivity index (χ0n) is 15.1. The Balaban J connectivity index is 1.72. The third-order valence-electron chi connectivity index (χ3n) is 4.82. The number of nitrogens with zero attached hydrogens (tertiary/aromatic N) is 3. The normalized spacial score (nSPS) is 14.8. The van der Waals surface area contributed by atoms with Crippen LogP contribution in [-0.4, -0.2) is 36.5 Å². The summed E-state index contributed by atoms with van der Waals surface area (Å²) in [5, 5.41) is 10.7. The smallest absolute Gasteiger partial charge is 0.264 e. The highest BCUT2D eigenvalue weighted by atomic mass is 32.1. The number of carbonyl (C=O) groups is 1. The summed E-state index contributed by atoms with van der Waals surface area (Å²) in [4.78, 5) is 17.1. The van der Waals surface area contributed by atoms with Crippen molar-refractivity contribution in [3.63, 3.8) is 0 Å². The molecule has 2 heterocycles. The maximum atomic E-state index is 14.3. The Bertz CT molecular complexity index is 816. The molecule has 0 unspecified atom stereocenters. The number of hydrogen-bond donors (Lipinski definition) is 0. The molecule has 0 aliphatic carbocycles. The molecule has 0 spiro atoms. The Hall–Kier alpha value is -2.46. The van der Waals surface area contributed by atoms with E-state index in [4.69, 9.17) is 5.26 Å². The van der Waals surface area contributed by atoms with Gasteiger partial charge in [-0.1, -0.05) is 13.0 Å². The van der Waals surface area contributed by atoms with Crippen molar-refractivity contribution in [3.05, 3.63) is 51.7 Å². The third kappa shape index (κ3) is 4.11. The van der Waals surface area contributed by atoms with Crippen LogP contribution in [0.1, 0.15) is 41.4 Å². The minimum absolute atomic E-state index is 0.0284. The number of rotatable bonds is 5. The van der Waals surface area contributed by atoms with Crippen LogP contribution in [0.15, 0.2) is 29.6 Å². The van der Waals surface area contributed by atoms with Gasteiger partial charge in [-0.15, -0.1) is 11.3 Å². The lowest BCUT2D eigenvalue weighted by molar-refractivity contribution is 0.0654. The third-order valence-corrected chi connectivity index (χ3v) is 5.68. The Kier molecular flexibility index (Phi) is 6.07. The molecule has 0 saturated carbocycles. The predicted octanol–water partition coefficient (Wildman–Crippen LogP) is 4.42.